The minimum absolute atomic E-state index is 0.252. The number of amides is 2. The standard InChI is InChI=1S/C26H20BrCl2NO3S/c27-20-9-11-23(33-16-18-8-10-21(28)22(29)13-18)19(14-20)15-24-25(31)30(26(32)34-24)12-4-7-17-5-2-1-3-6-17/h1-3,5-6,8-11,13-15H,4,7,12,16H2/b24-15+. The van der Waals surface area contributed by atoms with Crippen LogP contribution in [-0.4, -0.2) is 22.6 Å². The summed E-state index contributed by atoms with van der Waals surface area (Å²) in [4.78, 5) is 27.1. The van der Waals surface area contributed by atoms with Crippen molar-refractivity contribution in [2.45, 2.75) is 19.4 Å². The lowest BCUT2D eigenvalue weighted by Gasteiger charge is -2.12. The van der Waals surface area contributed by atoms with E-state index in [0.717, 1.165) is 28.2 Å². The molecule has 0 radical (unpaired) electrons. The Labute approximate surface area is 221 Å². The van der Waals surface area contributed by atoms with Crippen molar-refractivity contribution in [2.75, 3.05) is 6.54 Å². The molecule has 1 saturated heterocycles. The van der Waals surface area contributed by atoms with Gasteiger partial charge in [-0.1, -0.05) is 75.5 Å². The zero-order chi connectivity index (χ0) is 24.1. The third-order valence-corrected chi connectivity index (χ3v) is 7.34. The number of imide groups is 1. The molecule has 1 aliphatic heterocycles. The van der Waals surface area contributed by atoms with Gasteiger partial charge in [0.15, 0.2) is 0 Å². The maximum absolute atomic E-state index is 12.9. The van der Waals surface area contributed by atoms with E-state index >= 15 is 0 Å². The number of nitrogens with zero attached hydrogens (tertiary/aromatic N) is 1. The largest absolute Gasteiger partial charge is 0.488 e. The van der Waals surface area contributed by atoms with Crippen LogP contribution in [0.5, 0.6) is 5.75 Å². The van der Waals surface area contributed by atoms with E-state index in [1.807, 2.05) is 54.6 Å². The molecular formula is C26H20BrCl2NO3S. The molecule has 34 heavy (non-hydrogen) atoms. The molecule has 0 aliphatic carbocycles. The number of carbonyl (C=O) groups excluding carboxylic acids is 2. The summed E-state index contributed by atoms with van der Waals surface area (Å²) in [5.41, 5.74) is 2.74. The molecule has 1 heterocycles. The van der Waals surface area contributed by atoms with Crippen LogP contribution in [-0.2, 0) is 17.8 Å². The van der Waals surface area contributed by atoms with Crippen LogP contribution in [0.25, 0.3) is 6.08 Å². The van der Waals surface area contributed by atoms with Crippen molar-refractivity contribution in [3.63, 3.8) is 0 Å². The van der Waals surface area contributed by atoms with Crippen LogP contribution in [0.3, 0.4) is 0 Å². The summed E-state index contributed by atoms with van der Waals surface area (Å²) in [6.45, 7) is 0.663. The first kappa shape index (κ1) is 24.9. The fraction of sp³-hybridized carbons (Fsp3) is 0.154. The van der Waals surface area contributed by atoms with Gasteiger partial charge in [0.25, 0.3) is 11.1 Å². The van der Waals surface area contributed by atoms with E-state index in [0.29, 0.717) is 39.2 Å². The molecule has 0 spiro atoms. The third-order valence-electron chi connectivity index (χ3n) is 5.20. The summed E-state index contributed by atoms with van der Waals surface area (Å²) in [5.74, 6) is 0.309. The van der Waals surface area contributed by atoms with E-state index in [-0.39, 0.29) is 17.8 Å². The van der Waals surface area contributed by atoms with E-state index < -0.39 is 0 Å². The Bertz CT molecular complexity index is 1250. The van der Waals surface area contributed by atoms with E-state index in [4.69, 9.17) is 27.9 Å². The quantitative estimate of drug-likeness (QED) is 0.255. The van der Waals surface area contributed by atoms with Crippen molar-refractivity contribution in [3.8, 4) is 5.75 Å². The van der Waals surface area contributed by atoms with E-state index in [2.05, 4.69) is 15.9 Å². The topological polar surface area (TPSA) is 46.6 Å². The summed E-state index contributed by atoms with van der Waals surface area (Å²) < 4.78 is 6.84. The molecular weight excluding hydrogens is 557 g/mol. The second kappa shape index (κ2) is 11.5. The van der Waals surface area contributed by atoms with E-state index in [9.17, 15) is 9.59 Å². The van der Waals surface area contributed by atoms with Gasteiger partial charge in [-0.25, -0.2) is 0 Å². The number of halogens is 3. The van der Waals surface area contributed by atoms with Crippen LogP contribution < -0.4 is 4.74 Å². The maximum atomic E-state index is 12.9. The van der Waals surface area contributed by atoms with Crippen LogP contribution in [0, 0.1) is 0 Å². The number of ether oxygens (including phenoxy) is 1. The molecule has 0 saturated carbocycles. The van der Waals surface area contributed by atoms with E-state index in [1.54, 1.807) is 18.2 Å². The molecule has 2 amide bonds. The summed E-state index contributed by atoms with van der Waals surface area (Å²) in [5, 5.41) is 0.687. The minimum Gasteiger partial charge on any atom is -0.488 e. The number of hydrogen-bond acceptors (Lipinski definition) is 4. The molecule has 8 heteroatoms. The average Bonchev–Trinajstić information content (AvgIpc) is 3.09. The van der Waals surface area contributed by atoms with Crippen molar-refractivity contribution in [3.05, 3.63) is 103 Å². The van der Waals surface area contributed by atoms with Gasteiger partial charge in [0.05, 0.1) is 15.0 Å². The SMILES string of the molecule is O=C1S/C(=C/c2cc(Br)ccc2OCc2ccc(Cl)c(Cl)c2)C(=O)N1CCCc1ccccc1. The van der Waals surface area contributed by atoms with Gasteiger partial charge in [0, 0.05) is 16.6 Å². The third kappa shape index (κ3) is 6.25. The summed E-state index contributed by atoms with van der Waals surface area (Å²) >= 11 is 16.5. The van der Waals surface area contributed by atoms with Crippen LogP contribution in [0.4, 0.5) is 4.79 Å². The Balaban J connectivity index is 1.46. The second-order valence-corrected chi connectivity index (χ2v) is 10.4. The zero-order valence-electron chi connectivity index (χ0n) is 18.0. The zero-order valence-corrected chi connectivity index (χ0v) is 21.9. The minimum atomic E-state index is -0.279. The predicted molar refractivity (Wildman–Crippen MR) is 142 cm³/mol. The van der Waals surface area contributed by atoms with Crippen molar-refractivity contribution >= 4 is 68.1 Å². The van der Waals surface area contributed by atoms with Crippen LogP contribution in [0.15, 0.2) is 76.1 Å². The Kier molecular flexibility index (Phi) is 8.37. The normalized spacial score (nSPS) is 14.8. The molecule has 0 N–H and O–H groups in total. The van der Waals surface area contributed by atoms with Crippen molar-refractivity contribution in [1.82, 2.24) is 4.90 Å². The van der Waals surface area contributed by atoms with Crippen LogP contribution >= 0.6 is 50.9 Å². The number of rotatable bonds is 8. The first-order valence-electron chi connectivity index (χ1n) is 10.6. The second-order valence-electron chi connectivity index (χ2n) is 7.64. The first-order valence-corrected chi connectivity index (χ1v) is 12.9. The van der Waals surface area contributed by atoms with Crippen molar-refractivity contribution < 1.29 is 14.3 Å². The summed E-state index contributed by atoms with van der Waals surface area (Å²) in [7, 11) is 0. The van der Waals surface area contributed by atoms with Crippen LogP contribution in [0.1, 0.15) is 23.1 Å². The Morgan fingerprint density at radius 3 is 2.50 bits per heavy atom. The van der Waals surface area contributed by atoms with Gasteiger partial charge in [-0.2, -0.15) is 0 Å². The number of hydrogen-bond donors (Lipinski definition) is 0. The Morgan fingerprint density at radius 2 is 1.74 bits per heavy atom. The Morgan fingerprint density at radius 1 is 0.941 bits per heavy atom. The smallest absolute Gasteiger partial charge is 0.293 e. The van der Waals surface area contributed by atoms with E-state index in [1.165, 1.54) is 10.5 Å². The van der Waals surface area contributed by atoms with Crippen molar-refractivity contribution in [2.24, 2.45) is 0 Å². The molecule has 3 aromatic carbocycles. The Hall–Kier alpha value is -2.25. The molecule has 1 fully saturated rings. The molecule has 0 bridgehead atoms. The fourth-order valence-corrected chi connectivity index (χ4v) is 5.03. The molecule has 4 rings (SSSR count). The molecule has 0 atom stereocenters. The summed E-state index contributed by atoms with van der Waals surface area (Å²) in [6, 6.07) is 20.9. The van der Waals surface area contributed by atoms with Gasteiger partial charge in [-0.15, -0.1) is 0 Å². The highest BCUT2D eigenvalue weighted by Gasteiger charge is 2.34. The van der Waals surface area contributed by atoms with Gasteiger partial charge < -0.3 is 4.74 Å². The van der Waals surface area contributed by atoms with Crippen molar-refractivity contribution in [1.29, 1.82) is 0 Å². The molecule has 4 nitrogen and oxygen atoms in total. The van der Waals surface area contributed by atoms with Gasteiger partial charge >= 0.3 is 0 Å². The lowest BCUT2D eigenvalue weighted by atomic mass is 10.1. The van der Waals surface area contributed by atoms with Gasteiger partial charge in [-0.05, 0) is 72.1 Å². The monoisotopic (exact) mass is 575 g/mol. The molecule has 174 valence electrons. The predicted octanol–water partition coefficient (Wildman–Crippen LogP) is 8.00. The fourth-order valence-electron chi connectivity index (χ4n) is 3.47. The first-order chi connectivity index (χ1) is 16.4. The maximum Gasteiger partial charge on any atom is 0.293 e. The lowest BCUT2D eigenvalue weighted by molar-refractivity contribution is -0.122. The molecule has 3 aromatic rings. The number of thioether (sulfide) groups is 1. The number of benzene rings is 3. The summed E-state index contributed by atoms with van der Waals surface area (Å²) in [6.07, 6.45) is 3.22. The molecule has 1 aliphatic rings. The number of carbonyl (C=O) groups is 2. The molecule has 0 aromatic heterocycles. The highest BCUT2D eigenvalue weighted by atomic mass is 79.9. The molecule has 0 unspecified atom stereocenters. The van der Waals surface area contributed by atoms with Gasteiger partial charge in [0.2, 0.25) is 0 Å². The highest BCUT2D eigenvalue weighted by Crippen LogP contribution is 2.35. The lowest BCUT2D eigenvalue weighted by Crippen LogP contribution is -2.29. The van der Waals surface area contributed by atoms with Crippen LogP contribution in [0.2, 0.25) is 10.0 Å². The number of aryl methyl sites for hydroxylation is 1. The average molecular weight is 577 g/mol. The van der Waals surface area contributed by atoms with Gasteiger partial charge in [-0.3, -0.25) is 14.5 Å². The highest BCUT2D eigenvalue weighted by molar-refractivity contribution is 9.10. The van der Waals surface area contributed by atoms with Gasteiger partial charge in [0.1, 0.15) is 12.4 Å².